The van der Waals surface area contributed by atoms with Crippen LogP contribution in [-0.2, 0) is 10.0 Å². The van der Waals surface area contributed by atoms with Gasteiger partial charge < -0.3 is 4.90 Å². The van der Waals surface area contributed by atoms with Crippen molar-refractivity contribution in [2.24, 2.45) is 0 Å². The maximum absolute atomic E-state index is 14.3. The first-order valence-corrected chi connectivity index (χ1v) is 11.8. The predicted molar refractivity (Wildman–Crippen MR) is 127 cm³/mol. The average molecular weight is 468 g/mol. The fourth-order valence-corrected chi connectivity index (χ4v) is 4.15. The van der Waals surface area contributed by atoms with Gasteiger partial charge in [-0.15, -0.1) is 0 Å². The van der Waals surface area contributed by atoms with E-state index >= 15 is 0 Å². The minimum Gasteiger partial charge on any atom is -0.356 e. The standard InChI is InChI=1S/C24H26FN5O2S/c1-15(2)30(6)24-20(17(4)27-14-28-24)9-8-19-12-22(18(5)26-13-19)29-33(31,32)23-10-7-16(3)11-21(23)25/h7,10-15,29H,1-6H3. The lowest BCUT2D eigenvalue weighted by Gasteiger charge is -2.23. The van der Waals surface area contributed by atoms with E-state index in [4.69, 9.17) is 0 Å². The van der Waals surface area contributed by atoms with Crippen LogP contribution in [0.1, 0.15) is 41.9 Å². The summed E-state index contributed by atoms with van der Waals surface area (Å²) in [5, 5.41) is 0. The molecule has 0 aliphatic rings. The summed E-state index contributed by atoms with van der Waals surface area (Å²) in [5.41, 5.74) is 3.20. The molecule has 0 atom stereocenters. The second kappa shape index (κ2) is 9.55. The third-order valence-corrected chi connectivity index (χ3v) is 6.56. The van der Waals surface area contributed by atoms with Gasteiger partial charge in [0.05, 0.1) is 22.6 Å². The topological polar surface area (TPSA) is 88.1 Å². The van der Waals surface area contributed by atoms with E-state index in [1.807, 2.05) is 32.7 Å². The van der Waals surface area contributed by atoms with Crippen molar-refractivity contribution in [1.29, 1.82) is 0 Å². The number of nitrogens with one attached hydrogen (secondary N) is 1. The molecule has 9 heteroatoms. The van der Waals surface area contributed by atoms with Crippen molar-refractivity contribution in [2.45, 2.75) is 45.6 Å². The minimum atomic E-state index is -4.14. The molecule has 0 saturated carbocycles. The van der Waals surface area contributed by atoms with E-state index in [9.17, 15) is 12.8 Å². The largest absolute Gasteiger partial charge is 0.356 e. The van der Waals surface area contributed by atoms with Crippen molar-refractivity contribution >= 4 is 21.5 Å². The van der Waals surface area contributed by atoms with Gasteiger partial charge in [-0.25, -0.2) is 22.8 Å². The first-order valence-electron chi connectivity index (χ1n) is 10.3. The molecule has 3 aromatic rings. The average Bonchev–Trinajstić information content (AvgIpc) is 2.73. The number of aromatic nitrogens is 3. The Bertz CT molecular complexity index is 1360. The van der Waals surface area contributed by atoms with Gasteiger partial charge in [-0.3, -0.25) is 9.71 Å². The van der Waals surface area contributed by atoms with E-state index in [0.717, 1.165) is 5.69 Å². The highest BCUT2D eigenvalue weighted by molar-refractivity contribution is 7.92. The smallest absolute Gasteiger partial charge is 0.264 e. The third kappa shape index (κ3) is 5.46. The molecule has 2 heterocycles. The number of sulfonamides is 1. The lowest BCUT2D eigenvalue weighted by atomic mass is 10.1. The van der Waals surface area contributed by atoms with Gasteiger partial charge in [-0.2, -0.15) is 0 Å². The van der Waals surface area contributed by atoms with E-state index < -0.39 is 20.7 Å². The number of nitrogens with zero attached hydrogens (tertiary/aromatic N) is 4. The Balaban J connectivity index is 1.97. The maximum atomic E-state index is 14.3. The summed E-state index contributed by atoms with van der Waals surface area (Å²) >= 11 is 0. The van der Waals surface area contributed by atoms with Gasteiger partial charge in [0.1, 0.15) is 22.9 Å². The van der Waals surface area contributed by atoms with Crippen molar-refractivity contribution in [3.8, 4) is 11.8 Å². The molecule has 0 aliphatic carbocycles. The van der Waals surface area contributed by atoms with Crippen LogP contribution in [0.5, 0.6) is 0 Å². The summed E-state index contributed by atoms with van der Waals surface area (Å²) in [6.07, 6.45) is 3.05. The van der Waals surface area contributed by atoms with Crippen LogP contribution in [0.4, 0.5) is 15.9 Å². The number of halogens is 1. The van der Waals surface area contributed by atoms with Gasteiger partial charge in [-0.05, 0) is 58.4 Å². The zero-order valence-electron chi connectivity index (χ0n) is 19.4. The Hall–Kier alpha value is -3.51. The zero-order valence-corrected chi connectivity index (χ0v) is 20.2. The Morgan fingerprint density at radius 2 is 1.76 bits per heavy atom. The van der Waals surface area contributed by atoms with Crippen molar-refractivity contribution in [3.05, 3.63) is 70.7 Å². The number of hydrogen-bond acceptors (Lipinski definition) is 6. The fraction of sp³-hybridized carbons (Fsp3) is 0.292. The summed E-state index contributed by atoms with van der Waals surface area (Å²) in [4.78, 5) is 14.4. The lowest BCUT2D eigenvalue weighted by molar-refractivity contribution is 0.569. The Morgan fingerprint density at radius 3 is 2.42 bits per heavy atom. The molecule has 0 radical (unpaired) electrons. The molecular formula is C24H26FN5O2S. The predicted octanol–water partition coefficient (Wildman–Crippen LogP) is 3.98. The first kappa shape index (κ1) is 24.1. The molecule has 33 heavy (non-hydrogen) atoms. The number of hydrogen-bond donors (Lipinski definition) is 1. The monoisotopic (exact) mass is 467 g/mol. The number of aryl methyl sites for hydroxylation is 3. The molecule has 2 aromatic heterocycles. The van der Waals surface area contributed by atoms with Gasteiger partial charge in [-0.1, -0.05) is 17.9 Å². The van der Waals surface area contributed by atoms with Crippen molar-refractivity contribution in [3.63, 3.8) is 0 Å². The molecule has 7 nitrogen and oxygen atoms in total. The van der Waals surface area contributed by atoms with E-state index in [1.165, 1.54) is 18.5 Å². The molecule has 0 fully saturated rings. The van der Waals surface area contributed by atoms with Gasteiger partial charge in [0, 0.05) is 24.8 Å². The van der Waals surface area contributed by atoms with Crippen molar-refractivity contribution in [1.82, 2.24) is 15.0 Å². The molecule has 0 unspecified atom stereocenters. The van der Waals surface area contributed by atoms with E-state index in [0.29, 0.717) is 28.2 Å². The molecule has 1 N–H and O–H groups in total. The number of benzene rings is 1. The highest BCUT2D eigenvalue weighted by atomic mass is 32.2. The zero-order chi connectivity index (χ0) is 24.3. The normalized spacial score (nSPS) is 11.2. The molecular weight excluding hydrogens is 441 g/mol. The fourth-order valence-electron chi connectivity index (χ4n) is 2.98. The summed E-state index contributed by atoms with van der Waals surface area (Å²) in [6.45, 7) is 9.30. The minimum absolute atomic E-state index is 0.212. The lowest BCUT2D eigenvalue weighted by Crippen LogP contribution is -2.27. The van der Waals surface area contributed by atoms with Crippen molar-refractivity contribution in [2.75, 3.05) is 16.7 Å². The number of anilines is 2. The molecule has 0 bridgehead atoms. The van der Waals surface area contributed by atoms with Crippen LogP contribution in [0, 0.1) is 38.4 Å². The Kier molecular flexibility index (Phi) is 6.98. The summed E-state index contributed by atoms with van der Waals surface area (Å²) in [6, 6.07) is 5.75. The van der Waals surface area contributed by atoms with Gasteiger partial charge in [0.25, 0.3) is 10.0 Å². The molecule has 172 valence electrons. The highest BCUT2D eigenvalue weighted by Gasteiger charge is 2.20. The van der Waals surface area contributed by atoms with E-state index in [1.54, 1.807) is 32.2 Å². The molecule has 0 saturated heterocycles. The molecule has 0 amide bonds. The van der Waals surface area contributed by atoms with Crippen LogP contribution in [0.15, 0.2) is 41.7 Å². The highest BCUT2D eigenvalue weighted by Crippen LogP contribution is 2.23. The first-order chi connectivity index (χ1) is 15.5. The maximum Gasteiger partial charge on any atom is 0.264 e. The van der Waals surface area contributed by atoms with Gasteiger partial charge >= 0.3 is 0 Å². The van der Waals surface area contributed by atoms with Crippen LogP contribution < -0.4 is 9.62 Å². The summed E-state index contributed by atoms with van der Waals surface area (Å²) in [5.74, 6) is 6.01. The van der Waals surface area contributed by atoms with E-state index in [-0.39, 0.29) is 11.7 Å². The Morgan fingerprint density at radius 1 is 1.03 bits per heavy atom. The third-order valence-electron chi connectivity index (χ3n) is 5.17. The van der Waals surface area contributed by atoms with Crippen LogP contribution in [-0.4, -0.2) is 36.5 Å². The molecule has 1 aromatic carbocycles. The molecule has 0 spiro atoms. The second-order valence-electron chi connectivity index (χ2n) is 8.01. The summed E-state index contributed by atoms with van der Waals surface area (Å²) in [7, 11) is -2.21. The van der Waals surface area contributed by atoms with Gasteiger partial charge in [0.2, 0.25) is 0 Å². The van der Waals surface area contributed by atoms with Crippen LogP contribution in [0.3, 0.4) is 0 Å². The van der Waals surface area contributed by atoms with E-state index in [2.05, 4.69) is 31.5 Å². The Labute approximate surface area is 194 Å². The number of pyridine rings is 1. The van der Waals surface area contributed by atoms with Crippen LogP contribution >= 0.6 is 0 Å². The second-order valence-corrected chi connectivity index (χ2v) is 9.66. The van der Waals surface area contributed by atoms with Crippen LogP contribution in [0.25, 0.3) is 0 Å². The summed E-state index contributed by atoms with van der Waals surface area (Å²) < 4.78 is 42.2. The van der Waals surface area contributed by atoms with Crippen LogP contribution in [0.2, 0.25) is 0 Å². The SMILES string of the molecule is Cc1ccc(S(=O)(=O)Nc2cc(C#Cc3c(C)ncnc3N(C)C(C)C)cnc2C)c(F)c1. The quantitative estimate of drug-likeness (QED) is 0.571. The van der Waals surface area contributed by atoms with Crippen molar-refractivity contribution < 1.29 is 12.8 Å². The number of rotatable bonds is 5. The molecule has 3 rings (SSSR count). The van der Waals surface area contributed by atoms with Gasteiger partial charge in [0.15, 0.2) is 0 Å². The molecule has 0 aliphatic heterocycles.